The monoisotopic (exact) mass is 442 g/mol. The second-order valence-electron chi connectivity index (χ2n) is 9.26. The lowest BCUT2D eigenvalue weighted by Gasteiger charge is -2.46. The summed E-state index contributed by atoms with van der Waals surface area (Å²) >= 11 is 0. The van der Waals surface area contributed by atoms with Gasteiger partial charge in [0.1, 0.15) is 5.82 Å². The fourth-order valence-corrected chi connectivity index (χ4v) is 4.79. The highest BCUT2D eigenvalue weighted by molar-refractivity contribution is 6.02. The number of rotatable bonds is 4. The first-order valence-corrected chi connectivity index (χ1v) is 11.2. The van der Waals surface area contributed by atoms with E-state index in [-0.39, 0.29) is 17.6 Å². The first kappa shape index (κ1) is 21.2. The van der Waals surface area contributed by atoms with Crippen molar-refractivity contribution in [2.45, 2.75) is 37.1 Å². The number of likely N-dealkylation sites (N-methyl/N-ethyl adjacent to an activating group) is 1. The molecule has 168 valence electrons. The van der Waals surface area contributed by atoms with Crippen molar-refractivity contribution in [3.05, 3.63) is 89.2 Å². The standard InChI is InChI=1S/C27H27FN4O/c1-27(21-5-3-4-19(14-21)20-12-13-22(28)23(29)15-20)24(25(33)32(2)26(30)31-27)18-10-8-17(9-11-18)16-6-7-16/h3-5,8-16,24H,6-7,29H2,1-2H3,(H2,30,31)/t24?,27-/m1/s1. The molecule has 1 aliphatic heterocycles. The summed E-state index contributed by atoms with van der Waals surface area (Å²) in [7, 11) is 1.63. The second kappa shape index (κ2) is 7.73. The van der Waals surface area contributed by atoms with Crippen molar-refractivity contribution in [2.24, 2.45) is 0 Å². The maximum absolute atomic E-state index is 13.7. The first-order chi connectivity index (χ1) is 15.8. The average Bonchev–Trinajstić information content (AvgIpc) is 3.66. The number of benzene rings is 3. The van der Waals surface area contributed by atoms with Gasteiger partial charge in [0.05, 0.1) is 17.1 Å². The van der Waals surface area contributed by atoms with E-state index < -0.39 is 17.3 Å². The maximum atomic E-state index is 13.7. The Hall–Kier alpha value is -3.67. The molecule has 2 fully saturated rings. The van der Waals surface area contributed by atoms with Crippen molar-refractivity contribution in [1.82, 2.24) is 10.2 Å². The Morgan fingerprint density at radius 3 is 2.36 bits per heavy atom. The van der Waals surface area contributed by atoms with Crippen molar-refractivity contribution >= 4 is 17.6 Å². The Morgan fingerprint density at radius 1 is 1.03 bits per heavy atom. The molecule has 1 saturated carbocycles. The fraction of sp³-hybridized carbons (Fsp3) is 0.259. The highest BCUT2D eigenvalue weighted by atomic mass is 19.1. The van der Waals surface area contributed by atoms with Gasteiger partial charge < -0.3 is 11.1 Å². The van der Waals surface area contributed by atoms with Gasteiger partial charge >= 0.3 is 0 Å². The van der Waals surface area contributed by atoms with Crippen molar-refractivity contribution < 1.29 is 9.18 Å². The van der Waals surface area contributed by atoms with Crippen LogP contribution >= 0.6 is 0 Å². The topological polar surface area (TPSA) is 82.2 Å². The molecule has 5 rings (SSSR count). The number of anilines is 1. The van der Waals surface area contributed by atoms with Crippen LogP contribution in [-0.4, -0.2) is 23.8 Å². The Morgan fingerprint density at radius 2 is 1.70 bits per heavy atom. The third-order valence-electron chi connectivity index (χ3n) is 6.98. The van der Waals surface area contributed by atoms with Gasteiger partial charge in [-0.3, -0.25) is 15.1 Å². The summed E-state index contributed by atoms with van der Waals surface area (Å²) in [5.41, 5.74) is 9.78. The van der Waals surface area contributed by atoms with Gasteiger partial charge in [-0.15, -0.1) is 0 Å². The zero-order chi connectivity index (χ0) is 23.3. The van der Waals surface area contributed by atoms with Crippen LogP contribution in [0.1, 0.15) is 48.3 Å². The van der Waals surface area contributed by atoms with Gasteiger partial charge in [0.2, 0.25) is 5.91 Å². The van der Waals surface area contributed by atoms with E-state index in [0.717, 1.165) is 22.3 Å². The molecule has 0 radical (unpaired) electrons. The van der Waals surface area contributed by atoms with Gasteiger partial charge in [0, 0.05) is 7.05 Å². The SMILES string of the molecule is CN1C(=N)N[C@](C)(c2cccc(-c3ccc(F)c(N)c3)c2)C(c2ccc(C3CC3)cc2)C1=O. The third kappa shape index (κ3) is 3.65. The van der Waals surface area contributed by atoms with E-state index in [4.69, 9.17) is 11.1 Å². The molecular formula is C27H27FN4O. The number of amides is 1. The first-order valence-electron chi connectivity index (χ1n) is 11.2. The smallest absolute Gasteiger partial charge is 0.239 e. The molecule has 0 aromatic heterocycles. The van der Waals surface area contributed by atoms with E-state index in [0.29, 0.717) is 5.92 Å². The van der Waals surface area contributed by atoms with E-state index in [1.165, 1.54) is 29.4 Å². The zero-order valence-electron chi connectivity index (χ0n) is 18.7. The number of nitrogens with two attached hydrogens (primary N) is 1. The minimum Gasteiger partial charge on any atom is -0.396 e. The normalized spacial score (nSPS) is 22.9. The molecule has 3 aromatic rings. The average molecular weight is 443 g/mol. The third-order valence-corrected chi connectivity index (χ3v) is 6.98. The van der Waals surface area contributed by atoms with Crippen molar-refractivity contribution in [3.63, 3.8) is 0 Å². The van der Waals surface area contributed by atoms with Crippen LogP contribution in [0.2, 0.25) is 0 Å². The lowest BCUT2D eigenvalue weighted by atomic mass is 9.73. The number of carbonyl (C=O) groups is 1. The van der Waals surface area contributed by atoms with Crippen LogP contribution in [0.5, 0.6) is 0 Å². The molecule has 0 spiro atoms. The van der Waals surface area contributed by atoms with Crippen LogP contribution in [0, 0.1) is 11.2 Å². The molecule has 1 aliphatic carbocycles. The molecular weight excluding hydrogens is 415 g/mol. The summed E-state index contributed by atoms with van der Waals surface area (Å²) in [5.74, 6) is -0.395. The molecule has 3 aromatic carbocycles. The highest BCUT2D eigenvalue weighted by Crippen LogP contribution is 2.44. The Bertz CT molecular complexity index is 1250. The van der Waals surface area contributed by atoms with Crippen LogP contribution in [0.15, 0.2) is 66.7 Å². The quantitative estimate of drug-likeness (QED) is 0.500. The van der Waals surface area contributed by atoms with E-state index in [1.807, 2.05) is 43.3 Å². The predicted molar refractivity (Wildman–Crippen MR) is 128 cm³/mol. The van der Waals surface area contributed by atoms with Gasteiger partial charge in [0.25, 0.3) is 0 Å². The van der Waals surface area contributed by atoms with Gasteiger partial charge in [-0.1, -0.05) is 48.5 Å². The highest BCUT2D eigenvalue weighted by Gasteiger charge is 2.48. The molecule has 1 unspecified atom stereocenters. The van der Waals surface area contributed by atoms with Crippen LogP contribution in [0.4, 0.5) is 10.1 Å². The molecule has 5 nitrogen and oxygen atoms in total. The number of halogens is 1. The number of hydrogen-bond acceptors (Lipinski definition) is 3. The Kier molecular flexibility index (Phi) is 4.96. The molecule has 2 atom stereocenters. The van der Waals surface area contributed by atoms with E-state index in [2.05, 4.69) is 17.4 Å². The van der Waals surface area contributed by atoms with Crippen LogP contribution in [0.3, 0.4) is 0 Å². The van der Waals surface area contributed by atoms with Crippen molar-refractivity contribution in [2.75, 3.05) is 12.8 Å². The molecule has 2 aliphatic rings. The summed E-state index contributed by atoms with van der Waals surface area (Å²) in [4.78, 5) is 14.8. The van der Waals surface area contributed by atoms with E-state index in [1.54, 1.807) is 19.2 Å². The van der Waals surface area contributed by atoms with Gasteiger partial charge in [-0.2, -0.15) is 0 Å². The minimum atomic E-state index is -0.844. The molecule has 0 bridgehead atoms. The summed E-state index contributed by atoms with van der Waals surface area (Å²) in [6.07, 6.45) is 2.45. The molecule has 33 heavy (non-hydrogen) atoms. The summed E-state index contributed by atoms with van der Waals surface area (Å²) in [6.45, 7) is 1.96. The Balaban J connectivity index is 1.59. The number of guanidine groups is 1. The van der Waals surface area contributed by atoms with Gasteiger partial charge in [-0.25, -0.2) is 4.39 Å². The Labute approximate surface area is 192 Å². The molecule has 6 heteroatoms. The summed E-state index contributed by atoms with van der Waals surface area (Å²) in [5, 5.41) is 11.7. The van der Waals surface area contributed by atoms with Crippen LogP contribution in [0.25, 0.3) is 11.1 Å². The summed E-state index contributed by atoms with van der Waals surface area (Å²) < 4.78 is 13.7. The lowest BCUT2D eigenvalue weighted by molar-refractivity contribution is -0.131. The van der Waals surface area contributed by atoms with Crippen LogP contribution in [-0.2, 0) is 10.3 Å². The van der Waals surface area contributed by atoms with Crippen molar-refractivity contribution in [3.8, 4) is 11.1 Å². The molecule has 1 heterocycles. The fourth-order valence-electron chi connectivity index (χ4n) is 4.79. The number of carbonyl (C=O) groups excluding carboxylic acids is 1. The largest absolute Gasteiger partial charge is 0.396 e. The number of nitrogen functional groups attached to an aromatic ring is 1. The van der Waals surface area contributed by atoms with Crippen molar-refractivity contribution in [1.29, 1.82) is 5.41 Å². The van der Waals surface area contributed by atoms with E-state index >= 15 is 0 Å². The minimum absolute atomic E-state index is 0.0600. The number of nitrogens with one attached hydrogen (secondary N) is 2. The second-order valence-corrected chi connectivity index (χ2v) is 9.26. The maximum Gasteiger partial charge on any atom is 0.239 e. The molecule has 4 N–H and O–H groups in total. The number of nitrogens with zero attached hydrogens (tertiary/aromatic N) is 1. The molecule has 1 amide bonds. The van der Waals surface area contributed by atoms with Gasteiger partial charge in [0.15, 0.2) is 5.96 Å². The predicted octanol–water partition coefficient (Wildman–Crippen LogP) is 4.95. The van der Waals surface area contributed by atoms with E-state index in [9.17, 15) is 9.18 Å². The lowest BCUT2D eigenvalue weighted by Crippen LogP contribution is -2.62. The summed E-state index contributed by atoms with van der Waals surface area (Å²) in [6, 6.07) is 20.8. The number of hydrogen-bond donors (Lipinski definition) is 3. The van der Waals surface area contributed by atoms with Crippen LogP contribution < -0.4 is 11.1 Å². The zero-order valence-corrected chi connectivity index (χ0v) is 18.7. The molecule has 1 saturated heterocycles. The van der Waals surface area contributed by atoms with Gasteiger partial charge in [-0.05, 0) is 71.7 Å².